The van der Waals surface area contributed by atoms with Crippen molar-refractivity contribution in [1.29, 1.82) is 0 Å². The van der Waals surface area contributed by atoms with Crippen LogP contribution in [0.3, 0.4) is 0 Å². The summed E-state index contributed by atoms with van der Waals surface area (Å²) in [6.45, 7) is 0. The van der Waals surface area contributed by atoms with Crippen LogP contribution in [0.25, 0.3) is 0 Å². The lowest BCUT2D eigenvalue weighted by molar-refractivity contribution is 0.911. The summed E-state index contributed by atoms with van der Waals surface area (Å²) in [4.78, 5) is 0. The van der Waals surface area contributed by atoms with E-state index in [1.54, 1.807) is 0 Å². The minimum atomic E-state index is 0.973. The van der Waals surface area contributed by atoms with Gasteiger partial charge in [-0.25, -0.2) is 0 Å². The van der Waals surface area contributed by atoms with Gasteiger partial charge in [0.1, 0.15) is 0 Å². The second kappa shape index (κ2) is 4.47. The number of hydrogen-bond donors (Lipinski definition) is 0. The summed E-state index contributed by atoms with van der Waals surface area (Å²) in [6.07, 6.45) is 3.93. The molecule has 0 aliphatic heterocycles. The van der Waals surface area contributed by atoms with Crippen LogP contribution in [0.4, 0.5) is 0 Å². The lowest BCUT2D eigenvalue weighted by Crippen LogP contribution is -1.88. The molecule has 78 valence electrons. The van der Waals surface area contributed by atoms with Gasteiger partial charge in [-0.2, -0.15) is 0 Å². The molecule has 2 heteroatoms. The van der Waals surface area contributed by atoms with Gasteiger partial charge in [0, 0.05) is 26.5 Å². The molecule has 0 saturated carbocycles. The monoisotopic (exact) mass is 208 g/mol. The van der Waals surface area contributed by atoms with Crippen LogP contribution in [0.5, 0.6) is 0 Å². The summed E-state index contributed by atoms with van der Waals surface area (Å²) in [6, 6.07) is 7.87. The maximum Gasteiger partial charge on any atom is 0.0927 e. The van der Waals surface area contributed by atoms with E-state index in [1.807, 2.05) is 59.9 Å². The molecule has 2 aromatic heterocycles. The van der Waals surface area contributed by atoms with Crippen molar-refractivity contribution in [3.05, 3.63) is 48.0 Å². The van der Waals surface area contributed by atoms with Crippen molar-refractivity contribution in [3.8, 4) is 23.7 Å². The SMILES string of the molecule is Cn1cccc1C#CC#Cc1cccn1C. The summed E-state index contributed by atoms with van der Waals surface area (Å²) < 4.78 is 3.94. The molecule has 0 spiro atoms. The minimum Gasteiger partial charge on any atom is -0.344 e. The molecule has 0 bridgehead atoms. The van der Waals surface area contributed by atoms with Gasteiger partial charge in [-0.3, -0.25) is 0 Å². The highest BCUT2D eigenvalue weighted by Gasteiger charge is 1.89. The largest absolute Gasteiger partial charge is 0.344 e. The third-order valence-electron chi connectivity index (χ3n) is 2.33. The summed E-state index contributed by atoms with van der Waals surface area (Å²) in [7, 11) is 3.93. The van der Waals surface area contributed by atoms with E-state index < -0.39 is 0 Å². The Hall–Kier alpha value is -2.32. The lowest BCUT2D eigenvalue weighted by Gasteiger charge is -1.90. The number of rotatable bonds is 0. The van der Waals surface area contributed by atoms with Gasteiger partial charge in [0.25, 0.3) is 0 Å². The van der Waals surface area contributed by atoms with Crippen molar-refractivity contribution in [2.24, 2.45) is 14.1 Å². The second-order valence-electron chi connectivity index (χ2n) is 3.51. The normalized spacial score (nSPS) is 8.88. The maximum absolute atomic E-state index is 3.00. The fourth-order valence-electron chi connectivity index (χ4n) is 1.37. The zero-order chi connectivity index (χ0) is 11.4. The van der Waals surface area contributed by atoms with E-state index in [0.717, 1.165) is 11.4 Å². The predicted molar refractivity (Wildman–Crippen MR) is 64.6 cm³/mol. The van der Waals surface area contributed by atoms with E-state index in [0.29, 0.717) is 0 Å². The fourth-order valence-corrected chi connectivity index (χ4v) is 1.37. The first-order valence-corrected chi connectivity index (χ1v) is 5.02. The molecule has 0 aliphatic rings. The standard InChI is InChI=1S/C14H12N2/c1-15-11-5-9-13(15)7-3-4-8-14-10-6-12-16(14)2/h5-6,9-12H,1-2H3. The van der Waals surface area contributed by atoms with Crippen molar-refractivity contribution in [3.63, 3.8) is 0 Å². The van der Waals surface area contributed by atoms with Crippen LogP contribution >= 0.6 is 0 Å². The highest BCUT2D eigenvalue weighted by molar-refractivity contribution is 5.41. The topological polar surface area (TPSA) is 9.86 Å². The molecule has 0 unspecified atom stereocenters. The van der Waals surface area contributed by atoms with Gasteiger partial charge >= 0.3 is 0 Å². The molecule has 2 rings (SSSR count). The van der Waals surface area contributed by atoms with Crippen molar-refractivity contribution < 1.29 is 0 Å². The van der Waals surface area contributed by atoms with Gasteiger partial charge in [-0.1, -0.05) is 0 Å². The van der Waals surface area contributed by atoms with Crippen LogP contribution in [0.15, 0.2) is 36.7 Å². The molecule has 0 N–H and O–H groups in total. The van der Waals surface area contributed by atoms with Gasteiger partial charge in [-0.15, -0.1) is 0 Å². The van der Waals surface area contributed by atoms with Crippen LogP contribution in [-0.2, 0) is 14.1 Å². The van der Waals surface area contributed by atoms with E-state index in [-0.39, 0.29) is 0 Å². The highest BCUT2D eigenvalue weighted by atomic mass is 14.9. The molecule has 0 aliphatic carbocycles. The molecule has 0 atom stereocenters. The first kappa shape index (κ1) is 10.2. The Morgan fingerprint density at radius 1 is 0.812 bits per heavy atom. The average molecular weight is 208 g/mol. The zero-order valence-electron chi connectivity index (χ0n) is 9.36. The molecule has 0 radical (unpaired) electrons. The van der Waals surface area contributed by atoms with Crippen LogP contribution in [0, 0.1) is 23.7 Å². The molecule has 0 amide bonds. The average Bonchev–Trinajstić information content (AvgIpc) is 2.84. The Bertz CT molecular complexity index is 550. The van der Waals surface area contributed by atoms with Gasteiger partial charge < -0.3 is 9.13 Å². The third kappa shape index (κ3) is 2.19. The zero-order valence-corrected chi connectivity index (χ0v) is 9.36. The summed E-state index contributed by atoms with van der Waals surface area (Å²) >= 11 is 0. The molecule has 2 nitrogen and oxygen atoms in total. The van der Waals surface area contributed by atoms with Crippen LogP contribution in [-0.4, -0.2) is 9.13 Å². The number of nitrogens with zero attached hydrogens (tertiary/aromatic N) is 2. The Kier molecular flexibility index (Phi) is 2.85. The van der Waals surface area contributed by atoms with Gasteiger partial charge in [0.05, 0.1) is 11.4 Å². The van der Waals surface area contributed by atoms with Crippen LogP contribution in [0.1, 0.15) is 11.4 Å². The molecule has 16 heavy (non-hydrogen) atoms. The van der Waals surface area contributed by atoms with Crippen molar-refractivity contribution in [2.45, 2.75) is 0 Å². The highest BCUT2D eigenvalue weighted by Crippen LogP contribution is 1.97. The molecular formula is C14H12N2. The minimum absolute atomic E-state index is 0.973. The number of hydrogen-bond acceptors (Lipinski definition) is 0. The van der Waals surface area contributed by atoms with Crippen molar-refractivity contribution in [1.82, 2.24) is 9.13 Å². The van der Waals surface area contributed by atoms with Crippen LogP contribution in [0.2, 0.25) is 0 Å². The van der Waals surface area contributed by atoms with E-state index in [2.05, 4.69) is 23.7 Å². The predicted octanol–water partition coefficient (Wildman–Crippen LogP) is 1.77. The van der Waals surface area contributed by atoms with E-state index >= 15 is 0 Å². The molecule has 2 heterocycles. The Labute approximate surface area is 95.5 Å². The van der Waals surface area contributed by atoms with Crippen LogP contribution < -0.4 is 0 Å². The smallest absolute Gasteiger partial charge is 0.0927 e. The Morgan fingerprint density at radius 2 is 1.25 bits per heavy atom. The Balaban J connectivity index is 2.15. The molecule has 2 aromatic rings. The molecule has 0 fully saturated rings. The number of aryl methyl sites for hydroxylation is 2. The molecule has 0 aromatic carbocycles. The van der Waals surface area contributed by atoms with Crippen molar-refractivity contribution in [2.75, 3.05) is 0 Å². The summed E-state index contributed by atoms with van der Waals surface area (Å²) in [5, 5.41) is 0. The summed E-state index contributed by atoms with van der Waals surface area (Å²) in [5.41, 5.74) is 1.95. The maximum atomic E-state index is 3.00. The first-order valence-electron chi connectivity index (χ1n) is 5.02. The molecular weight excluding hydrogens is 196 g/mol. The lowest BCUT2D eigenvalue weighted by atomic mass is 10.4. The van der Waals surface area contributed by atoms with Gasteiger partial charge in [-0.05, 0) is 47.9 Å². The van der Waals surface area contributed by atoms with Crippen molar-refractivity contribution >= 4 is 0 Å². The van der Waals surface area contributed by atoms with Gasteiger partial charge in [0.2, 0.25) is 0 Å². The third-order valence-corrected chi connectivity index (χ3v) is 2.33. The quantitative estimate of drug-likeness (QED) is 0.584. The number of aromatic nitrogens is 2. The van der Waals surface area contributed by atoms with Gasteiger partial charge in [0.15, 0.2) is 0 Å². The Morgan fingerprint density at radius 3 is 1.56 bits per heavy atom. The van der Waals surface area contributed by atoms with E-state index in [9.17, 15) is 0 Å². The summed E-state index contributed by atoms with van der Waals surface area (Å²) in [5.74, 6) is 11.7. The fraction of sp³-hybridized carbons (Fsp3) is 0.143. The van der Waals surface area contributed by atoms with E-state index in [4.69, 9.17) is 0 Å². The first-order chi connectivity index (χ1) is 7.77. The van der Waals surface area contributed by atoms with E-state index in [1.165, 1.54) is 0 Å². The molecule has 0 saturated heterocycles. The second-order valence-corrected chi connectivity index (χ2v) is 3.51.